The molecule has 0 aromatic heterocycles. The first kappa shape index (κ1) is 16.1. The molecule has 0 spiro atoms. The fourth-order valence-corrected chi connectivity index (χ4v) is 2.84. The van der Waals surface area contributed by atoms with E-state index < -0.39 is 0 Å². The summed E-state index contributed by atoms with van der Waals surface area (Å²) in [4.78, 5) is 0. The van der Waals surface area contributed by atoms with E-state index in [1.807, 2.05) is 12.1 Å². The lowest BCUT2D eigenvalue weighted by atomic mass is 10.1. The highest BCUT2D eigenvalue weighted by Crippen LogP contribution is 2.29. The van der Waals surface area contributed by atoms with E-state index in [2.05, 4.69) is 52.3 Å². The highest BCUT2D eigenvalue weighted by molar-refractivity contribution is 9.10. The van der Waals surface area contributed by atoms with Crippen LogP contribution in [0.25, 0.3) is 0 Å². The van der Waals surface area contributed by atoms with Crippen LogP contribution in [-0.2, 0) is 12.8 Å². The van der Waals surface area contributed by atoms with Crippen LogP contribution >= 0.6 is 15.9 Å². The number of aryl methyl sites for hydroxylation is 1. The third kappa shape index (κ3) is 5.18. The Kier molecular flexibility index (Phi) is 6.77. The molecule has 2 N–H and O–H groups in total. The summed E-state index contributed by atoms with van der Waals surface area (Å²) in [5.74, 6) is 0.947. The maximum absolute atomic E-state index is 5.96. The quantitative estimate of drug-likeness (QED) is 0.720. The van der Waals surface area contributed by atoms with Gasteiger partial charge < -0.3 is 10.5 Å². The van der Waals surface area contributed by atoms with E-state index in [9.17, 15) is 0 Å². The van der Waals surface area contributed by atoms with E-state index in [0.717, 1.165) is 42.5 Å². The van der Waals surface area contributed by atoms with E-state index in [-0.39, 0.29) is 0 Å². The topological polar surface area (TPSA) is 35.2 Å². The highest BCUT2D eigenvalue weighted by atomic mass is 79.9. The maximum Gasteiger partial charge on any atom is 0.136 e. The Morgan fingerprint density at radius 1 is 0.905 bits per heavy atom. The summed E-state index contributed by atoms with van der Waals surface area (Å²) in [7, 11) is 0. The predicted octanol–water partition coefficient (Wildman–Crippen LogP) is 4.35. The van der Waals surface area contributed by atoms with Crippen molar-refractivity contribution in [3.05, 3.63) is 64.1 Å². The van der Waals surface area contributed by atoms with Crippen molar-refractivity contribution in [3.63, 3.8) is 0 Å². The van der Waals surface area contributed by atoms with Gasteiger partial charge in [-0.3, -0.25) is 0 Å². The van der Waals surface area contributed by atoms with Crippen molar-refractivity contribution >= 4 is 15.9 Å². The molecule has 0 atom stereocenters. The zero-order chi connectivity index (χ0) is 14.9. The van der Waals surface area contributed by atoms with Gasteiger partial charge in [0.25, 0.3) is 0 Å². The fourth-order valence-electron chi connectivity index (χ4n) is 2.32. The first-order valence-corrected chi connectivity index (χ1v) is 8.24. The third-order valence-corrected chi connectivity index (χ3v) is 4.04. The van der Waals surface area contributed by atoms with Crippen LogP contribution in [0.3, 0.4) is 0 Å². The molecule has 0 aliphatic heterocycles. The lowest BCUT2D eigenvalue weighted by molar-refractivity contribution is 0.302. The van der Waals surface area contributed by atoms with E-state index >= 15 is 0 Å². The summed E-state index contributed by atoms with van der Waals surface area (Å²) < 4.78 is 6.97. The molecule has 2 nitrogen and oxygen atoms in total. The number of hydrogen-bond donors (Lipinski definition) is 1. The van der Waals surface area contributed by atoms with Crippen molar-refractivity contribution in [2.75, 3.05) is 13.2 Å². The molecule has 0 radical (unpaired) electrons. The summed E-state index contributed by atoms with van der Waals surface area (Å²) in [6, 6.07) is 16.7. The Morgan fingerprint density at radius 3 is 2.48 bits per heavy atom. The van der Waals surface area contributed by atoms with Crippen molar-refractivity contribution in [2.45, 2.75) is 25.7 Å². The van der Waals surface area contributed by atoms with Crippen LogP contribution in [0, 0.1) is 0 Å². The van der Waals surface area contributed by atoms with Crippen molar-refractivity contribution in [1.82, 2.24) is 0 Å². The molecule has 0 aliphatic carbocycles. The molecule has 0 unspecified atom stereocenters. The van der Waals surface area contributed by atoms with E-state index in [1.54, 1.807) is 0 Å². The molecular formula is C18H22BrNO. The summed E-state index contributed by atoms with van der Waals surface area (Å²) in [6.07, 6.45) is 4.15. The third-order valence-electron chi connectivity index (χ3n) is 3.41. The van der Waals surface area contributed by atoms with Gasteiger partial charge in [0.1, 0.15) is 5.75 Å². The standard InChI is InChI=1S/C18H22BrNO/c19-17-11-6-10-16(12-13-20)18(17)21-14-5-4-9-15-7-2-1-3-8-15/h1-3,6-8,10-11H,4-5,9,12-14,20H2. The molecule has 0 aliphatic rings. The van der Waals surface area contributed by atoms with E-state index in [0.29, 0.717) is 6.54 Å². The number of nitrogens with two attached hydrogens (primary N) is 1. The second kappa shape index (κ2) is 8.85. The smallest absolute Gasteiger partial charge is 0.136 e. The van der Waals surface area contributed by atoms with Gasteiger partial charge in [-0.05, 0) is 65.4 Å². The number of unbranched alkanes of at least 4 members (excludes halogenated alkanes) is 1. The lowest BCUT2D eigenvalue weighted by Gasteiger charge is -2.13. The maximum atomic E-state index is 5.96. The zero-order valence-corrected chi connectivity index (χ0v) is 13.8. The van der Waals surface area contributed by atoms with Gasteiger partial charge in [0, 0.05) is 0 Å². The monoisotopic (exact) mass is 347 g/mol. The van der Waals surface area contributed by atoms with Crippen LogP contribution < -0.4 is 10.5 Å². The summed E-state index contributed by atoms with van der Waals surface area (Å²) in [5, 5.41) is 0. The van der Waals surface area contributed by atoms with Gasteiger partial charge in [0.15, 0.2) is 0 Å². The molecule has 21 heavy (non-hydrogen) atoms. The second-order valence-corrected chi connectivity index (χ2v) is 5.91. The number of rotatable bonds is 8. The van der Waals surface area contributed by atoms with Crippen LogP contribution in [0.5, 0.6) is 5.75 Å². The molecule has 0 fully saturated rings. The minimum absolute atomic E-state index is 0.640. The van der Waals surface area contributed by atoms with Gasteiger partial charge in [-0.25, -0.2) is 0 Å². The minimum atomic E-state index is 0.640. The molecule has 0 saturated carbocycles. The number of benzene rings is 2. The average molecular weight is 348 g/mol. The molecule has 112 valence electrons. The lowest BCUT2D eigenvalue weighted by Crippen LogP contribution is -2.06. The van der Waals surface area contributed by atoms with Gasteiger partial charge in [0.05, 0.1) is 11.1 Å². The Morgan fingerprint density at radius 2 is 1.71 bits per heavy atom. The number of para-hydroxylation sites is 1. The molecule has 2 rings (SSSR count). The van der Waals surface area contributed by atoms with Crippen LogP contribution in [0.2, 0.25) is 0 Å². The van der Waals surface area contributed by atoms with Crippen LogP contribution in [-0.4, -0.2) is 13.2 Å². The molecule has 2 aromatic rings. The second-order valence-electron chi connectivity index (χ2n) is 5.06. The number of ether oxygens (including phenoxy) is 1. The van der Waals surface area contributed by atoms with Crippen molar-refractivity contribution < 1.29 is 4.74 Å². The Labute approximate surface area is 135 Å². The Balaban J connectivity index is 1.78. The van der Waals surface area contributed by atoms with Crippen molar-refractivity contribution in [1.29, 1.82) is 0 Å². The largest absolute Gasteiger partial charge is 0.492 e. The molecule has 0 amide bonds. The van der Waals surface area contributed by atoms with E-state index in [1.165, 1.54) is 11.1 Å². The fraction of sp³-hybridized carbons (Fsp3) is 0.333. The summed E-state index contributed by atoms with van der Waals surface area (Å²) in [6.45, 7) is 1.38. The Hall–Kier alpha value is -1.32. The SMILES string of the molecule is NCCc1cccc(Br)c1OCCCCc1ccccc1. The summed E-state index contributed by atoms with van der Waals surface area (Å²) in [5.41, 5.74) is 8.22. The van der Waals surface area contributed by atoms with Gasteiger partial charge in [0.2, 0.25) is 0 Å². The van der Waals surface area contributed by atoms with Crippen LogP contribution in [0.4, 0.5) is 0 Å². The molecule has 0 saturated heterocycles. The first-order chi connectivity index (χ1) is 10.3. The van der Waals surface area contributed by atoms with Gasteiger partial charge in [-0.1, -0.05) is 42.5 Å². The molecule has 2 aromatic carbocycles. The zero-order valence-electron chi connectivity index (χ0n) is 12.2. The molecular weight excluding hydrogens is 326 g/mol. The van der Waals surface area contributed by atoms with Crippen molar-refractivity contribution in [3.8, 4) is 5.75 Å². The predicted molar refractivity (Wildman–Crippen MR) is 91.8 cm³/mol. The Bertz CT molecular complexity index is 542. The van der Waals surface area contributed by atoms with Crippen LogP contribution in [0.1, 0.15) is 24.0 Å². The molecule has 0 bridgehead atoms. The highest BCUT2D eigenvalue weighted by Gasteiger charge is 2.07. The van der Waals surface area contributed by atoms with Gasteiger partial charge in [-0.2, -0.15) is 0 Å². The van der Waals surface area contributed by atoms with E-state index in [4.69, 9.17) is 10.5 Å². The normalized spacial score (nSPS) is 10.6. The molecule has 3 heteroatoms. The minimum Gasteiger partial charge on any atom is -0.492 e. The molecule has 0 heterocycles. The van der Waals surface area contributed by atoms with Gasteiger partial charge >= 0.3 is 0 Å². The first-order valence-electron chi connectivity index (χ1n) is 7.45. The number of hydrogen-bond acceptors (Lipinski definition) is 2. The van der Waals surface area contributed by atoms with Crippen LogP contribution in [0.15, 0.2) is 53.0 Å². The van der Waals surface area contributed by atoms with Gasteiger partial charge in [-0.15, -0.1) is 0 Å². The van der Waals surface area contributed by atoms with Crippen molar-refractivity contribution in [2.24, 2.45) is 5.73 Å². The summed E-state index contributed by atoms with van der Waals surface area (Å²) >= 11 is 3.56. The number of halogens is 1. The average Bonchev–Trinajstić information content (AvgIpc) is 2.51.